The predicted molar refractivity (Wildman–Crippen MR) is 145 cm³/mol. The van der Waals surface area contributed by atoms with Gasteiger partial charge in [-0.05, 0) is 74.1 Å². The molecule has 2 amide bonds. The quantitative estimate of drug-likeness (QED) is 0.495. The first kappa shape index (κ1) is 27.4. The van der Waals surface area contributed by atoms with Gasteiger partial charge >= 0.3 is 0 Å². The largest absolute Gasteiger partial charge is 0.497 e. The van der Waals surface area contributed by atoms with Crippen molar-refractivity contribution in [1.29, 1.82) is 0 Å². The lowest BCUT2D eigenvalue weighted by atomic mass is 9.97. The number of benzene rings is 2. The number of amides is 2. The van der Waals surface area contributed by atoms with Crippen molar-refractivity contribution in [3.8, 4) is 5.75 Å². The molecule has 1 N–H and O–H groups in total. The highest BCUT2D eigenvalue weighted by atomic mass is 35.5. The first-order valence-corrected chi connectivity index (χ1v) is 13.3. The van der Waals surface area contributed by atoms with Gasteiger partial charge in [-0.25, -0.2) is 4.39 Å². The Bertz CT molecular complexity index is 1170. The average Bonchev–Trinajstić information content (AvgIpc) is 2.89. The lowest BCUT2D eigenvalue weighted by Gasteiger charge is -2.41. The van der Waals surface area contributed by atoms with E-state index in [-0.39, 0.29) is 17.9 Å². The Balaban J connectivity index is 1.22. The summed E-state index contributed by atoms with van der Waals surface area (Å²) in [6, 6.07) is 8.25. The van der Waals surface area contributed by atoms with Gasteiger partial charge in [0.2, 0.25) is 5.91 Å². The van der Waals surface area contributed by atoms with E-state index < -0.39 is 5.82 Å². The number of nitrogens with zero attached hydrogens (tertiary/aromatic N) is 2. The normalized spacial score (nSPS) is 17.8. The summed E-state index contributed by atoms with van der Waals surface area (Å²) in [4.78, 5) is 29.8. The Kier molecular flexibility index (Phi) is 9.11. The number of nitrogens with one attached hydrogen (secondary N) is 1. The maximum atomic E-state index is 13.7. The maximum Gasteiger partial charge on any atom is 0.251 e. The summed E-state index contributed by atoms with van der Waals surface area (Å²) >= 11 is 12.1. The van der Waals surface area contributed by atoms with Gasteiger partial charge < -0.3 is 19.9 Å². The number of hydrogen-bond acceptors (Lipinski definition) is 4. The third-order valence-corrected chi connectivity index (χ3v) is 7.94. The minimum absolute atomic E-state index is 0.0688. The number of halogens is 3. The summed E-state index contributed by atoms with van der Waals surface area (Å²) in [7, 11) is 1.48. The van der Waals surface area contributed by atoms with Gasteiger partial charge in [0.05, 0.1) is 17.2 Å². The summed E-state index contributed by atoms with van der Waals surface area (Å²) in [5.74, 6) is -0.174. The number of likely N-dealkylation sites (tertiary alicyclic amines) is 2. The van der Waals surface area contributed by atoms with Gasteiger partial charge in [-0.1, -0.05) is 23.2 Å². The van der Waals surface area contributed by atoms with Gasteiger partial charge in [0.25, 0.3) is 5.91 Å². The smallest absolute Gasteiger partial charge is 0.251 e. The Hall–Kier alpha value is -2.61. The zero-order valence-electron chi connectivity index (χ0n) is 21.1. The fourth-order valence-corrected chi connectivity index (χ4v) is 5.47. The maximum absolute atomic E-state index is 13.7. The van der Waals surface area contributed by atoms with Crippen LogP contribution < -0.4 is 10.1 Å². The molecule has 0 bridgehead atoms. The fourth-order valence-electron chi connectivity index (χ4n) is 5.09. The minimum Gasteiger partial charge on any atom is -0.497 e. The molecule has 2 aromatic carbocycles. The van der Waals surface area contributed by atoms with Gasteiger partial charge in [0.1, 0.15) is 11.6 Å². The standard InChI is InChI=1S/C28H32Cl2FN3O3/c1-18-13-25(29)26(30)17-24(18)28(36)32-21-5-9-33(10-6-21)22-7-11-34(12-8-22)27(35)4-3-19-14-20(31)16-23(15-19)37-2/h3-4,13-17,21-22H,5-12H2,1-2H3,(H,32,36)/b4-3+. The van der Waals surface area contributed by atoms with Crippen LogP contribution in [0.15, 0.2) is 36.4 Å². The zero-order valence-corrected chi connectivity index (χ0v) is 22.6. The highest BCUT2D eigenvalue weighted by Gasteiger charge is 2.30. The molecule has 6 nitrogen and oxygen atoms in total. The van der Waals surface area contributed by atoms with Crippen LogP contribution in [0, 0.1) is 12.7 Å². The van der Waals surface area contributed by atoms with E-state index in [4.69, 9.17) is 27.9 Å². The molecule has 0 aromatic heterocycles. The molecule has 0 radical (unpaired) electrons. The molecule has 2 heterocycles. The number of rotatable bonds is 6. The molecule has 0 unspecified atom stereocenters. The summed E-state index contributed by atoms with van der Waals surface area (Å²) in [5.41, 5.74) is 1.94. The van der Waals surface area contributed by atoms with Crippen LogP contribution in [0.25, 0.3) is 6.08 Å². The molecular weight excluding hydrogens is 516 g/mol. The number of hydrogen-bond donors (Lipinski definition) is 1. The predicted octanol–water partition coefficient (Wildman–Crippen LogP) is 5.35. The Labute approximate surface area is 227 Å². The molecule has 198 valence electrons. The first-order chi connectivity index (χ1) is 17.7. The van der Waals surface area contributed by atoms with E-state index in [1.165, 1.54) is 25.3 Å². The molecule has 4 rings (SSSR count). The van der Waals surface area contributed by atoms with Crippen molar-refractivity contribution in [2.24, 2.45) is 0 Å². The van der Waals surface area contributed by atoms with Crippen LogP contribution in [0.1, 0.15) is 47.2 Å². The number of ether oxygens (including phenoxy) is 1. The van der Waals surface area contributed by atoms with Gasteiger partial charge in [0, 0.05) is 56.0 Å². The number of aryl methyl sites for hydroxylation is 1. The van der Waals surface area contributed by atoms with Crippen LogP contribution in [-0.4, -0.2) is 67.0 Å². The molecule has 37 heavy (non-hydrogen) atoms. The van der Waals surface area contributed by atoms with Crippen molar-refractivity contribution in [2.75, 3.05) is 33.3 Å². The summed E-state index contributed by atoms with van der Waals surface area (Å²) < 4.78 is 18.8. The lowest BCUT2D eigenvalue weighted by molar-refractivity contribution is -0.127. The highest BCUT2D eigenvalue weighted by molar-refractivity contribution is 6.42. The van der Waals surface area contributed by atoms with Crippen LogP contribution >= 0.6 is 23.2 Å². The van der Waals surface area contributed by atoms with Crippen molar-refractivity contribution in [3.05, 3.63) is 69.0 Å². The molecule has 2 aliphatic rings. The van der Waals surface area contributed by atoms with E-state index in [0.717, 1.165) is 44.3 Å². The summed E-state index contributed by atoms with van der Waals surface area (Å²) in [5, 5.41) is 3.97. The molecule has 0 saturated carbocycles. The van der Waals surface area contributed by atoms with Crippen molar-refractivity contribution in [1.82, 2.24) is 15.1 Å². The highest BCUT2D eigenvalue weighted by Crippen LogP contribution is 2.26. The third kappa shape index (κ3) is 7.03. The topological polar surface area (TPSA) is 61.9 Å². The van der Waals surface area contributed by atoms with Gasteiger partial charge in [-0.15, -0.1) is 0 Å². The van der Waals surface area contributed by atoms with Crippen LogP contribution in [0.3, 0.4) is 0 Å². The van der Waals surface area contributed by atoms with Crippen LogP contribution in [-0.2, 0) is 4.79 Å². The van der Waals surface area contributed by atoms with Crippen molar-refractivity contribution in [3.63, 3.8) is 0 Å². The first-order valence-electron chi connectivity index (χ1n) is 12.6. The minimum atomic E-state index is -0.403. The number of piperidine rings is 2. The summed E-state index contributed by atoms with van der Waals surface area (Å²) in [6.07, 6.45) is 6.70. The van der Waals surface area contributed by atoms with Crippen LogP contribution in [0.4, 0.5) is 4.39 Å². The Morgan fingerprint density at radius 2 is 1.68 bits per heavy atom. The summed E-state index contributed by atoms with van der Waals surface area (Å²) in [6.45, 7) is 5.04. The van der Waals surface area contributed by atoms with Crippen molar-refractivity contribution >= 4 is 41.1 Å². The molecule has 0 aliphatic carbocycles. The molecule has 2 saturated heterocycles. The second kappa shape index (κ2) is 12.3. The fraction of sp³-hybridized carbons (Fsp3) is 0.429. The van der Waals surface area contributed by atoms with E-state index in [9.17, 15) is 14.0 Å². The third-order valence-electron chi connectivity index (χ3n) is 7.22. The molecule has 0 atom stereocenters. The second-order valence-corrected chi connectivity index (χ2v) is 10.5. The number of carbonyl (C=O) groups excluding carboxylic acids is 2. The van der Waals surface area contributed by atoms with Crippen LogP contribution in [0.5, 0.6) is 5.75 Å². The Morgan fingerprint density at radius 1 is 1.00 bits per heavy atom. The SMILES string of the molecule is COc1cc(F)cc(/C=C/C(=O)N2CCC(N3CCC(NC(=O)c4cc(Cl)c(Cl)cc4C)CC3)CC2)c1. The van der Waals surface area contributed by atoms with Gasteiger partial charge in [-0.3, -0.25) is 9.59 Å². The molecule has 2 fully saturated rings. The molecular formula is C28H32Cl2FN3O3. The monoisotopic (exact) mass is 547 g/mol. The average molecular weight is 548 g/mol. The van der Waals surface area contributed by atoms with Crippen molar-refractivity contribution in [2.45, 2.75) is 44.7 Å². The van der Waals surface area contributed by atoms with Crippen molar-refractivity contribution < 1.29 is 18.7 Å². The van der Waals surface area contributed by atoms with E-state index in [0.29, 0.717) is 46.1 Å². The zero-order chi connectivity index (χ0) is 26.5. The van der Waals surface area contributed by atoms with E-state index in [1.54, 1.807) is 24.3 Å². The molecule has 9 heteroatoms. The van der Waals surface area contributed by atoms with E-state index in [2.05, 4.69) is 10.2 Å². The molecule has 2 aliphatic heterocycles. The second-order valence-electron chi connectivity index (χ2n) is 9.68. The number of methoxy groups -OCH3 is 1. The van der Waals surface area contributed by atoms with Crippen LogP contribution in [0.2, 0.25) is 10.0 Å². The van der Waals surface area contributed by atoms with Gasteiger partial charge in [-0.2, -0.15) is 0 Å². The lowest BCUT2D eigenvalue weighted by Crippen LogP contribution is -2.51. The molecule has 2 aromatic rings. The van der Waals surface area contributed by atoms with E-state index >= 15 is 0 Å². The molecule has 0 spiro atoms. The number of carbonyl (C=O) groups is 2. The van der Waals surface area contributed by atoms with Gasteiger partial charge in [0.15, 0.2) is 0 Å². The Morgan fingerprint density at radius 3 is 2.35 bits per heavy atom. The van der Waals surface area contributed by atoms with E-state index in [1.807, 2.05) is 11.8 Å².